The van der Waals surface area contributed by atoms with Crippen molar-refractivity contribution in [1.82, 2.24) is 4.98 Å². The fraction of sp³-hybridized carbons (Fsp3) is 0.118. The lowest BCUT2D eigenvalue weighted by Crippen LogP contribution is -2.12. The van der Waals surface area contributed by atoms with Crippen LogP contribution in [0.2, 0.25) is 10.0 Å². The molecule has 5 nitrogen and oxygen atoms in total. The number of hydrogen-bond donors (Lipinski definition) is 0. The van der Waals surface area contributed by atoms with Gasteiger partial charge in [0.25, 0.3) is 0 Å². The van der Waals surface area contributed by atoms with E-state index in [0.717, 1.165) is 11.1 Å². The van der Waals surface area contributed by atoms with E-state index in [1.807, 2.05) is 25.1 Å². The molecule has 25 heavy (non-hydrogen) atoms. The summed E-state index contributed by atoms with van der Waals surface area (Å²) in [7, 11) is -2.90. The molecule has 3 rings (SSSR count). The topological polar surface area (TPSA) is 65.5 Å². The van der Waals surface area contributed by atoms with Gasteiger partial charge in [-0.05, 0) is 31.2 Å². The van der Waals surface area contributed by atoms with E-state index in [0.29, 0.717) is 5.52 Å². The number of aryl methyl sites for hydroxylation is 1. The highest BCUT2D eigenvalue weighted by Gasteiger charge is 2.26. The van der Waals surface area contributed by atoms with Crippen LogP contribution in [0, 0.1) is 6.92 Å². The molecule has 8 heteroatoms. The molecule has 3 aromatic rings. The average molecular weight is 398 g/mol. The molecule has 0 unspecified atom stereocenters. The highest BCUT2D eigenvalue weighted by Crippen LogP contribution is 2.38. The molecule has 0 spiro atoms. The largest absolute Gasteiger partial charge is 0.494 e. The Kier molecular flexibility index (Phi) is 4.77. The molecule has 0 aliphatic rings. The van der Waals surface area contributed by atoms with Gasteiger partial charge < -0.3 is 8.92 Å². The maximum atomic E-state index is 12.7. The van der Waals surface area contributed by atoms with Crippen molar-refractivity contribution < 1.29 is 17.3 Å². The van der Waals surface area contributed by atoms with Gasteiger partial charge >= 0.3 is 10.1 Å². The molecular weight excluding hydrogens is 385 g/mol. The van der Waals surface area contributed by atoms with E-state index in [1.54, 1.807) is 6.07 Å². The Bertz CT molecular complexity index is 1070. The molecule has 0 bridgehead atoms. The van der Waals surface area contributed by atoms with Crippen molar-refractivity contribution in [3.05, 3.63) is 58.2 Å². The van der Waals surface area contributed by atoms with E-state index < -0.39 is 10.1 Å². The number of para-hydroxylation sites is 1. The van der Waals surface area contributed by atoms with E-state index in [-0.39, 0.29) is 26.4 Å². The molecule has 0 saturated carbocycles. The number of aromatic nitrogens is 1. The van der Waals surface area contributed by atoms with Crippen molar-refractivity contribution in [2.45, 2.75) is 11.8 Å². The normalized spacial score (nSPS) is 11.5. The smallest absolute Gasteiger partial charge is 0.343 e. The fourth-order valence-corrected chi connectivity index (χ4v) is 3.90. The maximum absolute atomic E-state index is 12.7. The first-order valence-electron chi connectivity index (χ1n) is 7.16. The van der Waals surface area contributed by atoms with Gasteiger partial charge in [0, 0.05) is 11.1 Å². The van der Waals surface area contributed by atoms with E-state index in [4.69, 9.17) is 32.1 Å². The summed E-state index contributed by atoms with van der Waals surface area (Å²) in [5.41, 5.74) is 1.19. The number of fused-ring (bicyclic) bond motifs is 1. The minimum absolute atomic E-state index is 0.000677. The van der Waals surface area contributed by atoms with Crippen LogP contribution in [-0.4, -0.2) is 20.5 Å². The van der Waals surface area contributed by atoms with Crippen LogP contribution in [0.1, 0.15) is 5.69 Å². The van der Waals surface area contributed by atoms with E-state index in [9.17, 15) is 8.42 Å². The molecule has 0 N–H and O–H groups in total. The number of halogens is 2. The van der Waals surface area contributed by atoms with Gasteiger partial charge in [0.15, 0.2) is 11.5 Å². The standard InChI is InChI=1S/C17H13Cl2NO4S/c1-10-6-7-11-4-3-5-13(16(11)20-10)24-25(21,22)14-9-8-12(18)15(19)17(14)23-2/h3-9H,1-2H3. The Balaban J connectivity index is 2.12. The van der Waals surface area contributed by atoms with Crippen molar-refractivity contribution in [3.8, 4) is 11.5 Å². The first-order chi connectivity index (χ1) is 11.8. The maximum Gasteiger partial charge on any atom is 0.343 e. The molecule has 0 radical (unpaired) electrons. The number of rotatable bonds is 4. The van der Waals surface area contributed by atoms with Crippen LogP contribution in [0.5, 0.6) is 11.5 Å². The molecule has 0 aliphatic carbocycles. The Morgan fingerprint density at radius 2 is 1.80 bits per heavy atom. The van der Waals surface area contributed by atoms with Gasteiger partial charge in [-0.25, -0.2) is 4.98 Å². The zero-order valence-corrected chi connectivity index (χ0v) is 15.6. The Morgan fingerprint density at radius 3 is 2.52 bits per heavy atom. The third-order valence-corrected chi connectivity index (χ3v) is 5.56. The van der Waals surface area contributed by atoms with Crippen LogP contribution in [0.4, 0.5) is 0 Å². The Hall–Kier alpha value is -2.02. The van der Waals surface area contributed by atoms with Crippen LogP contribution in [0.25, 0.3) is 10.9 Å². The zero-order chi connectivity index (χ0) is 18.2. The summed E-state index contributed by atoms with van der Waals surface area (Å²) in [5, 5.41) is 0.944. The second-order valence-electron chi connectivity index (χ2n) is 5.21. The minimum atomic E-state index is -4.21. The van der Waals surface area contributed by atoms with E-state index >= 15 is 0 Å². The lowest BCUT2D eigenvalue weighted by molar-refractivity contribution is 0.398. The Labute approximate surface area is 155 Å². The molecule has 2 aromatic carbocycles. The lowest BCUT2D eigenvalue weighted by Gasteiger charge is -2.13. The highest BCUT2D eigenvalue weighted by molar-refractivity contribution is 7.87. The number of ether oxygens (including phenoxy) is 1. The molecule has 1 heterocycles. The van der Waals surface area contributed by atoms with Gasteiger partial charge in [-0.15, -0.1) is 0 Å². The van der Waals surface area contributed by atoms with Crippen LogP contribution in [0.15, 0.2) is 47.4 Å². The highest BCUT2D eigenvalue weighted by atomic mass is 35.5. The Morgan fingerprint density at radius 1 is 1.04 bits per heavy atom. The molecule has 0 aliphatic heterocycles. The second-order valence-corrected chi connectivity index (χ2v) is 7.51. The summed E-state index contributed by atoms with van der Waals surface area (Å²) in [6, 6.07) is 11.4. The van der Waals surface area contributed by atoms with Crippen molar-refractivity contribution in [2.75, 3.05) is 7.11 Å². The van der Waals surface area contributed by atoms with E-state index in [1.165, 1.54) is 25.3 Å². The van der Waals surface area contributed by atoms with Crippen LogP contribution < -0.4 is 8.92 Å². The predicted octanol–water partition coefficient (Wildman–Crippen LogP) is 4.63. The van der Waals surface area contributed by atoms with Crippen LogP contribution in [0.3, 0.4) is 0 Å². The first kappa shape index (κ1) is 17.8. The van der Waals surface area contributed by atoms with Gasteiger partial charge in [-0.1, -0.05) is 41.4 Å². The zero-order valence-electron chi connectivity index (χ0n) is 13.3. The summed E-state index contributed by atoms with van der Waals surface area (Å²) in [6.07, 6.45) is 0. The second kappa shape index (κ2) is 6.71. The minimum Gasteiger partial charge on any atom is -0.494 e. The van der Waals surface area contributed by atoms with Crippen molar-refractivity contribution in [3.63, 3.8) is 0 Å². The lowest BCUT2D eigenvalue weighted by atomic mass is 10.2. The molecule has 0 fully saturated rings. The summed E-state index contributed by atoms with van der Waals surface area (Å²) in [4.78, 5) is 4.15. The monoisotopic (exact) mass is 397 g/mol. The van der Waals surface area contributed by atoms with Gasteiger partial charge in [0.05, 0.1) is 12.1 Å². The first-order valence-corrected chi connectivity index (χ1v) is 9.33. The van der Waals surface area contributed by atoms with Crippen molar-refractivity contribution in [2.24, 2.45) is 0 Å². The van der Waals surface area contributed by atoms with Gasteiger partial charge in [0.2, 0.25) is 0 Å². The molecule has 1 aromatic heterocycles. The van der Waals surface area contributed by atoms with Crippen LogP contribution >= 0.6 is 23.2 Å². The number of methoxy groups -OCH3 is 1. The summed E-state index contributed by atoms with van der Waals surface area (Å²) < 4.78 is 35.9. The molecule has 0 atom stereocenters. The SMILES string of the molecule is COc1c(S(=O)(=O)Oc2cccc3ccc(C)nc23)ccc(Cl)c1Cl. The van der Waals surface area contributed by atoms with Gasteiger partial charge in [0.1, 0.15) is 15.4 Å². The average Bonchev–Trinajstić information content (AvgIpc) is 2.57. The quantitative estimate of drug-likeness (QED) is 0.600. The summed E-state index contributed by atoms with van der Waals surface area (Å²) >= 11 is 11.9. The molecular formula is C17H13Cl2NO4S. The third-order valence-electron chi connectivity index (χ3n) is 3.51. The third kappa shape index (κ3) is 3.38. The molecule has 0 amide bonds. The van der Waals surface area contributed by atoms with Gasteiger partial charge in [-0.3, -0.25) is 0 Å². The van der Waals surface area contributed by atoms with Gasteiger partial charge in [-0.2, -0.15) is 8.42 Å². The summed E-state index contributed by atoms with van der Waals surface area (Å²) in [5.74, 6) is 0.0490. The number of nitrogens with zero attached hydrogens (tertiary/aromatic N) is 1. The number of benzene rings is 2. The van der Waals surface area contributed by atoms with E-state index in [2.05, 4.69) is 4.98 Å². The predicted molar refractivity (Wildman–Crippen MR) is 97.3 cm³/mol. The number of pyridine rings is 1. The number of hydrogen-bond acceptors (Lipinski definition) is 5. The van der Waals surface area contributed by atoms with Crippen LogP contribution in [-0.2, 0) is 10.1 Å². The molecule has 0 saturated heterocycles. The summed E-state index contributed by atoms with van der Waals surface area (Å²) in [6.45, 7) is 1.81. The van der Waals surface area contributed by atoms with Crippen molar-refractivity contribution >= 4 is 44.2 Å². The molecule has 130 valence electrons. The van der Waals surface area contributed by atoms with Crippen molar-refractivity contribution in [1.29, 1.82) is 0 Å². The fourth-order valence-electron chi connectivity index (χ4n) is 2.35.